The minimum atomic E-state index is -4.80. The molecule has 0 amide bonds. The minimum absolute atomic E-state index is 0.149. The van der Waals surface area contributed by atoms with Crippen LogP contribution in [-0.2, 0) is 9.05 Å². The van der Waals surface area contributed by atoms with Gasteiger partial charge in [0.15, 0.2) is 0 Å². The van der Waals surface area contributed by atoms with E-state index in [9.17, 15) is 17.2 Å². The van der Waals surface area contributed by atoms with Crippen LogP contribution in [0.25, 0.3) is 0 Å². The molecule has 4 saturated carbocycles. The molecule has 4 fully saturated rings. The van der Waals surface area contributed by atoms with Crippen LogP contribution in [0.5, 0.6) is 0 Å². The van der Waals surface area contributed by atoms with Crippen LogP contribution in [0.15, 0.2) is 0 Å². The molecule has 7 unspecified atom stereocenters. The average molecular weight is 325 g/mol. The first-order valence-electron chi connectivity index (χ1n) is 7.60. The fourth-order valence-electron chi connectivity index (χ4n) is 6.34. The first-order valence-corrected chi connectivity index (χ1v) is 9.91. The number of alkyl halides is 2. The van der Waals surface area contributed by atoms with E-state index in [1.54, 1.807) is 0 Å². The number of hydrogen-bond donors (Lipinski definition) is 0. The lowest BCUT2D eigenvalue weighted by atomic mass is 9.67. The maximum atomic E-state index is 13.7. The smallest absolute Gasteiger partial charge is 0.206 e. The maximum absolute atomic E-state index is 13.7. The monoisotopic (exact) mass is 324 g/mol. The van der Waals surface area contributed by atoms with Gasteiger partial charge in [0.25, 0.3) is 9.05 Å². The number of hydrogen-bond acceptors (Lipinski definition) is 2. The highest BCUT2D eigenvalue weighted by molar-refractivity contribution is 8.14. The van der Waals surface area contributed by atoms with Crippen molar-refractivity contribution in [3.8, 4) is 0 Å². The van der Waals surface area contributed by atoms with Crippen LogP contribution in [0, 0.1) is 41.4 Å². The number of fused-ring (bicyclic) bond motifs is 9. The summed E-state index contributed by atoms with van der Waals surface area (Å²) in [5, 5.41) is -3.77. The van der Waals surface area contributed by atoms with Crippen molar-refractivity contribution < 1.29 is 17.2 Å². The van der Waals surface area contributed by atoms with E-state index in [0.717, 1.165) is 30.6 Å². The van der Waals surface area contributed by atoms with Crippen molar-refractivity contribution in [2.45, 2.75) is 43.8 Å². The van der Waals surface area contributed by atoms with E-state index >= 15 is 0 Å². The van der Waals surface area contributed by atoms with Gasteiger partial charge < -0.3 is 0 Å². The molecule has 4 rings (SSSR count). The molecule has 0 spiro atoms. The van der Waals surface area contributed by atoms with Gasteiger partial charge in [0.1, 0.15) is 0 Å². The topological polar surface area (TPSA) is 34.1 Å². The zero-order valence-electron chi connectivity index (χ0n) is 11.1. The van der Waals surface area contributed by atoms with E-state index in [0.29, 0.717) is 17.8 Å². The van der Waals surface area contributed by atoms with E-state index in [-0.39, 0.29) is 5.92 Å². The van der Waals surface area contributed by atoms with Gasteiger partial charge in [-0.25, -0.2) is 8.42 Å². The fraction of sp³-hybridized carbons (Fsp3) is 1.00. The van der Waals surface area contributed by atoms with Crippen molar-refractivity contribution in [2.75, 3.05) is 0 Å². The van der Waals surface area contributed by atoms with Gasteiger partial charge in [-0.3, -0.25) is 0 Å². The Labute approximate surface area is 122 Å². The van der Waals surface area contributed by atoms with Crippen molar-refractivity contribution in [3.05, 3.63) is 0 Å². The Kier molecular flexibility index (Phi) is 2.81. The summed E-state index contributed by atoms with van der Waals surface area (Å²) in [6, 6.07) is 0. The molecule has 114 valence electrons. The third kappa shape index (κ3) is 1.74. The summed E-state index contributed by atoms with van der Waals surface area (Å²) in [6.07, 6.45) is 5.14. The van der Waals surface area contributed by atoms with Gasteiger partial charge in [0.05, 0.1) is 0 Å². The zero-order chi connectivity index (χ0) is 14.3. The van der Waals surface area contributed by atoms with Gasteiger partial charge in [-0.15, -0.1) is 0 Å². The molecule has 7 atom stereocenters. The SMILES string of the molecule is O=S(=O)(Cl)C(F)(F)CC1CC2CC1C1C3CCC(C3)C21. The molecule has 0 N–H and O–H groups in total. The van der Waals surface area contributed by atoms with E-state index in [1.807, 2.05) is 0 Å². The lowest BCUT2D eigenvalue weighted by Gasteiger charge is -2.39. The van der Waals surface area contributed by atoms with Crippen LogP contribution in [-0.4, -0.2) is 13.7 Å². The molecule has 0 aromatic rings. The molecule has 6 heteroatoms. The van der Waals surface area contributed by atoms with Gasteiger partial charge in [-0.1, -0.05) is 0 Å². The molecular weight excluding hydrogens is 306 g/mol. The van der Waals surface area contributed by atoms with E-state index in [1.165, 1.54) is 19.3 Å². The van der Waals surface area contributed by atoms with Gasteiger partial charge >= 0.3 is 5.25 Å². The summed E-state index contributed by atoms with van der Waals surface area (Å²) < 4.78 is 49.5. The molecule has 2 nitrogen and oxygen atoms in total. The minimum Gasteiger partial charge on any atom is -0.206 e. The largest absolute Gasteiger partial charge is 0.360 e. The summed E-state index contributed by atoms with van der Waals surface area (Å²) in [6.45, 7) is 0. The van der Waals surface area contributed by atoms with Crippen molar-refractivity contribution in [1.82, 2.24) is 0 Å². The molecule has 0 aliphatic heterocycles. The Morgan fingerprint density at radius 3 is 2.30 bits per heavy atom. The standard InChI is InChI=1S/C14H19ClF2O2S/c15-20(18,19)14(16,17)6-10-4-9-5-11(10)13-8-2-1-7(3-8)12(9)13/h7-13H,1-6H2. The van der Waals surface area contributed by atoms with Gasteiger partial charge in [-0.2, -0.15) is 8.78 Å². The van der Waals surface area contributed by atoms with Gasteiger partial charge in [-0.05, 0) is 73.5 Å². The second-order valence-corrected chi connectivity index (χ2v) is 10.1. The van der Waals surface area contributed by atoms with E-state index in [4.69, 9.17) is 10.7 Å². The molecule has 4 aliphatic rings. The summed E-state index contributed by atoms with van der Waals surface area (Å²) in [4.78, 5) is 0. The maximum Gasteiger partial charge on any atom is 0.360 e. The van der Waals surface area contributed by atoms with Gasteiger partial charge in [0, 0.05) is 17.1 Å². The number of rotatable bonds is 3. The molecule has 4 aliphatic carbocycles. The average Bonchev–Trinajstić information content (AvgIpc) is 3.04. The van der Waals surface area contributed by atoms with Crippen LogP contribution in [0.3, 0.4) is 0 Å². The third-order valence-electron chi connectivity index (χ3n) is 6.73. The third-order valence-corrected chi connectivity index (χ3v) is 8.29. The molecule has 0 heterocycles. The van der Waals surface area contributed by atoms with Crippen LogP contribution >= 0.6 is 10.7 Å². The Morgan fingerprint density at radius 1 is 1.00 bits per heavy atom. The van der Waals surface area contributed by atoms with Crippen molar-refractivity contribution >= 4 is 19.7 Å². The second-order valence-electron chi connectivity index (χ2n) is 7.42. The van der Waals surface area contributed by atoms with Crippen molar-refractivity contribution in [3.63, 3.8) is 0 Å². The normalized spacial score (nSPS) is 49.9. The summed E-state index contributed by atoms with van der Waals surface area (Å²) in [7, 11) is 0.102. The lowest BCUT2D eigenvalue weighted by Crippen LogP contribution is -2.36. The lowest BCUT2D eigenvalue weighted by molar-refractivity contribution is 0.0259. The summed E-state index contributed by atoms with van der Waals surface area (Å²) in [5.41, 5.74) is 0. The van der Waals surface area contributed by atoms with Crippen molar-refractivity contribution in [2.24, 2.45) is 41.4 Å². The first kappa shape index (κ1) is 13.7. The van der Waals surface area contributed by atoms with Gasteiger partial charge in [0.2, 0.25) is 0 Å². The molecule has 0 saturated heterocycles. The summed E-state index contributed by atoms with van der Waals surface area (Å²) in [5.74, 6) is 3.66. The molecule has 0 aromatic carbocycles. The summed E-state index contributed by atoms with van der Waals surface area (Å²) >= 11 is 0. The Hall–Kier alpha value is 0.1000. The van der Waals surface area contributed by atoms with E-state index < -0.39 is 20.7 Å². The molecule has 0 aromatic heterocycles. The highest BCUT2D eigenvalue weighted by atomic mass is 35.7. The van der Waals surface area contributed by atoms with Crippen LogP contribution in [0.2, 0.25) is 0 Å². The quantitative estimate of drug-likeness (QED) is 0.583. The zero-order valence-corrected chi connectivity index (χ0v) is 12.7. The molecule has 0 radical (unpaired) electrons. The molecule has 20 heavy (non-hydrogen) atoms. The van der Waals surface area contributed by atoms with Crippen LogP contribution in [0.4, 0.5) is 8.78 Å². The van der Waals surface area contributed by atoms with E-state index in [2.05, 4.69) is 0 Å². The predicted molar refractivity (Wildman–Crippen MR) is 71.9 cm³/mol. The Balaban J connectivity index is 1.54. The van der Waals surface area contributed by atoms with Crippen LogP contribution < -0.4 is 0 Å². The first-order chi connectivity index (χ1) is 9.28. The predicted octanol–water partition coefficient (Wildman–Crippen LogP) is 3.86. The highest BCUT2D eigenvalue weighted by Gasteiger charge is 2.63. The molecular formula is C14H19ClF2O2S. The van der Waals surface area contributed by atoms with Crippen LogP contribution in [0.1, 0.15) is 38.5 Å². The molecule has 4 bridgehead atoms. The highest BCUT2D eigenvalue weighted by Crippen LogP contribution is 2.69. The fourth-order valence-corrected chi connectivity index (χ4v) is 6.94. The Morgan fingerprint density at radius 2 is 1.65 bits per heavy atom. The Bertz CT molecular complexity index is 535. The number of halogens is 3. The second kappa shape index (κ2) is 4.09. The van der Waals surface area contributed by atoms with Crippen molar-refractivity contribution in [1.29, 1.82) is 0 Å².